The van der Waals surface area contributed by atoms with Crippen LogP contribution in [-0.4, -0.2) is 28.1 Å². The molecule has 3 nitrogen and oxygen atoms in total. The number of benzene rings is 1. The molecule has 1 unspecified atom stereocenters. The van der Waals surface area contributed by atoms with Crippen molar-refractivity contribution in [2.24, 2.45) is 0 Å². The summed E-state index contributed by atoms with van der Waals surface area (Å²) in [7, 11) is 0. The van der Waals surface area contributed by atoms with Crippen LogP contribution in [0.4, 0.5) is 0 Å². The van der Waals surface area contributed by atoms with Gasteiger partial charge in [-0.3, -0.25) is 4.79 Å². The minimum absolute atomic E-state index is 0.0746. The van der Waals surface area contributed by atoms with Crippen LogP contribution in [0, 0.1) is 0 Å². The van der Waals surface area contributed by atoms with E-state index < -0.39 is 0 Å². The Hall–Kier alpha value is -1.67. The summed E-state index contributed by atoms with van der Waals surface area (Å²) in [5.74, 6) is 1.50. The molecule has 5 rings (SSSR count). The lowest BCUT2D eigenvalue weighted by atomic mass is 9.98. The van der Waals surface area contributed by atoms with Crippen LogP contribution in [0.1, 0.15) is 26.4 Å². The number of carbonyl (C=O) groups excluding carboxylic acids is 1. The molecule has 142 valence electrons. The Kier molecular flexibility index (Phi) is 5.24. The second-order valence-electron chi connectivity index (χ2n) is 6.62. The zero-order chi connectivity index (χ0) is 18.9. The largest absolute Gasteiger partial charge is 0.330 e. The molecule has 28 heavy (non-hydrogen) atoms. The fourth-order valence-corrected chi connectivity index (χ4v) is 7.32. The van der Waals surface area contributed by atoms with E-state index in [2.05, 4.69) is 44.9 Å². The van der Waals surface area contributed by atoms with E-state index in [-0.39, 0.29) is 11.9 Å². The summed E-state index contributed by atoms with van der Waals surface area (Å²) in [4.78, 5) is 22.5. The summed E-state index contributed by atoms with van der Waals surface area (Å²) in [6.45, 7) is 0.802. The van der Waals surface area contributed by atoms with Crippen molar-refractivity contribution in [3.8, 4) is 0 Å². The topological polar surface area (TPSA) is 33.2 Å². The van der Waals surface area contributed by atoms with Crippen molar-refractivity contribution >= 4 is 61.9 Å². The number of nitrogens with zero attached hydrogens (tertiary/aromatic N) is 2. The van der Waals surface area contributed by atoms with Crippen LogP contribution in [-0.2, 0) is 17.0 Å². The number of fused-ring (bicyclic) bond motifs is 2. The molecule has 0 spiro atoms. The summed E-state index contributed by atoms with van der Waals surface area (Å²) in [5, 5.41) is 5.34. The van der Waals surface area contributed by atoms with Crippen molar-refractivity contribution in [2.45, 2.75) is 18.2 Å². The number of rotatable bonds is 5. The summed E-state index contributed by atoms with van der Waals surface area (Å²) in [6.07, 6.45) is 0.961. The minimum atomic E-state index is 0.0746. The quantitative estimate of drug-likeness (QED) is 0.390. The van der Waals surface area contributed by atoms with Gasteiger partial charge < -0.3 is 4.90 Å². The molecule has 0 aliphatic carbocycles. The van der Waals surface area contributed by atoms with Crippen LogP contribution in [0.15, 0.2) is 53.2 Å². The number of thiazole rings is 1. The third kappa shape index (κ3) is 3.52. The molecule has 3 aromatic heterocycles. The molecule has 7 heteroatoms. The van der Waals surface area contributed by atoms with Gasteiger partial charge in [0.25, 0.3) is 0 Å². The summed E-state index contributed by atoms with van der Waals surface area (Å²) in [5.41, 5.74) is 2.36. The van der Waals surface area contributed by atoms with E-state index in [1.54, 1.807) is 34.4 Å². The molecule has 0 N–H and O–H groups in total. The number of carbonyl (C=O) groups is 1. The van der Waals surface area contributed by atoms with Crippen LogP contribution in [0.25, 0.3) is 10.2 Å². The molecule has 0 fully saturated rings. The summed E-state index contributed by atoms with van der Waals surface area (Å²) in [6, 6.07) is 14.7. The van der Waals surface area contributed by atoms with Crippen LogP contribution in [0.5, 0.6) is 0 Å². The van der Waals surface area contributed by atoms with Gasteiger partial charge >= 0.3 is 0 Å². The number of hydrogen-bond donors (Lipinski definition) is 0. The fraction of sp³-hybridized carbons (Fsp3) is 0.238. The molecule has 1 aromatic carbocycles. The maximum absolute atomic E-state index is 13.1. The van der Waals surface area contributed by atoms with E-state index in [0.717, 1.165) is 29.2 Å². The van der Waals surface area contributed by atoms with Gasteiger partial charge in [-0.2, -0.15) is 0 Å². The van der Waals surface area contributed by atoms with E-state index in [4.69, 9.17) is 0 Å². The van der Waals surface area contributed by atoms with Crippen molar-refractivity contribution < 1.29 is 4.79 Å². The molecular formula is C21H18N2OS4. The van der Waals surface area contributed by atoms with Gasteiger partial charge in [0, 0.05) is 22.1 Å². The van der Waals surface area contributed by atoms with Crippen LogP contribution >= 0.6 is 45.8 Å². The molecule has 1 aliphatic heterocycles. The van der Waals surface area contributed by atoms with Crippen molar-refractivity contribution in [3.63, 3.8) is 0 Å². The maximum Gasteiger partial charge on any atom is 0.233 e. The van der Waals surface area contributed by atoms with Crippen LogP contribution in [0.2, 0.25) is 0 Å². The second-order valence-corrected chi connectivity index (χ2v) is 10.7. The van der Waals surface area contributed by atoms with Gasteiger partial charge in [0.1, 0.15) is 5.01 Å². The SMILES string of the molecule is O=C(CSCc1nc2ccccc2s1)N1CCc2sccc2C1c1cccs1. The molecular weight excluding hydrogens is 425 g/mol. The number of amides is 1. The molecule has 0 bridgehead atoms. The maximum atomic E-state index is 13.1. The Balaban J connectivity index is 1.29. The lowest BCUT2D eigenvalue weighted by molar-refractivity contribution is -0.130. The van der Waals surface area contributed by atoms with E-state index in [1.165, 1.54) is 20.0 Å². The predicted octanol–water partition coefficient (Wildman–Crippen LogP) is 5.83. The second kappa shape index (κ2) is 7.99. The highest BCUT2D eigenvalue weighted by molar-refractivity contribution is 7.99. The average molecular weight is 443 g/mol. The first-order valence-electron chi connectivity index (χ1n) is 9.11. The Bertz CT molecular complexity index is 1070. The highest BCUT2D eigenvalue weighted by Crippen LogP contribution is 2.39. The van der Waals surface area contributed by atoms with Gasteiger partial charge in [-0.1, -0.05) is 18.2 Å². The third-order valence-electron chi connectivity index (χ3n) is 4.89. The zero-order valence-corrected chi connectivity index (χ0v) is 18.3. The molecule has 1 amide bonds. The average Bonchev–Trinajstić information content (AvgIpc) is 3.46. The van der Waals surface area contributed by atoms with Gasteiger partial charge in [-0.15, -0.1) is 45.8 Å². The molecule has 0 radical (unpaired) electrons. The first-order valence-corrected chi connectivity index (χ1v) is 12.8. The number of para-hydroxylation sites is 1. The molecule has 1 aliphatic rings. The van der Waals surface area contributed by atoms with Crippen molar-refractivity contribution in [1.29, 1.82) is 0 Å². The van der Waals surface area contributed by atoms with Gasteiger partial charge in [0.2, 0.25) is 5.91 Å². The third-order valence-corrected chi connectivity index (χ3v) is 8.96. The van der Waals surface area contributed by atoms with E-state index >= 15 is 0 Å². The lowest BCUT2D eigenvalue weighted by Crippen LogP contribution is -2.40. The van der Waals surface area contributed by atoms with Crippen LogP contribution in [0.3, 0.4) is 0 Å². The Morgan fingerprint density at radius 2 is 2.07 bits per heavy atom. The van der Waals surface area contributed by atoms with Gasteiger partial charge in [0.05, 0.1) is 22.0 Å². The minimum Gasteiger partial charge on any atom is -0.330 e. The highest BCUT2D eigenvalue weighted by Gasteiger charge is 2.33. The normalized spacial score (nSPS) is 16.4. The number of thiophene rings is 2. The summed E-state index contributed by atoms with van der Waals surface area (Å²) >= 11 is 6.94. The standard InChI is InChI=1S/C21H18N2OS4/c24-20(13-25-12-19-22-15-4-1-2-5-17(15)28-19)23-9-7-16-14(8-11-27-16)21(23)18-6-3-10-26-18/h1-6,8,10-11,21H,7,9,12-13H2. The molecule has 0 saturated heterocycles. The van der Waals surface area contributed by atoms with E-state index in [1.807, 2.05) is 29.5 Å². The Labute approximate surface area is 180 Å². The Morgan fingerprint density at radius 3 is 2.93 bits per heavy atom. The van der Waals surface area contributed by atoms with Gasteiger partial charge in [-0.25, -0.2) is 4.98 Å². The first kappa shape index (κ1) is 18.4. The predicted molar refractivity (Wildman–Crippen MR) is 122 cm³/mol. The molecule has 4 aromatic rings. The molecule has 0 saturated carbocycles. The number of thioether (sulfide) groups is 1. The monoisotopic (exact) mass is 442 g/mol. The highest BCUT2D eigenvalue weighted by atomic mass is 32.2. The lowest BCUT2D eigenvalue weighted by Gasteiger charge is -2.35. The van der Waals surface area contributed by atoms with Crippen molar-refractivity contribution in [1.82, 2.24) is 9.88 Å². The smallest absolute Gasteiger partial charge is 0.233 e. The summed E-state index contributed by atoms with van der Waals surface area (Å²) < 4.78 is 1.21. The number of hydrogen-bond acceptors (Lipinski definition) is 6. The van der Waals surface area contributed by atoms with Crippen molar-refractivity contribution in [3.05, 3.63) is 73.6 Å². The first-order chi connectivity index (χ1) is 13.8. The Morgan fingerprint density at radius 1 is 1.14 bits per heavy atom. The van der Waals surface area contributed by atoms with Crippen molar-refractivity contribution in [2.75, 3.05) is 12.3 Å². The van der Waals surface area contributed by atoms with E-state index in [0.29, 0.717) is 5.75 Å². The zero-order valence-electron chi connectivity index (χ0n) is 15.0. The molecule has 1 atom stereocenters. The van der Waals surface area contributed by atoms with Gasteiger partial charge in [-0.05, 0) is 47.0 Å². The fourth-order valence-electron chi connectivity index (χ4n) is 3.63. The number of aromatic nitrogens is 1. The van der Waals surface area contributed by atoms with Crippen LogP contribution < -0.4 is 0 Å². The molecule has 4 heterocycles. The van der Waals surface area contributed by atoms with Gasteiger partial charge in [0.15, 0.2) is 0 Å². The van der Waals surface area contributed by atoms with E-state index in [9.17, 15) is 4.79 Å².